The summed E-state index contributed by atoms with van der Waals surface area (Å²) >= 11 is 0. The Hall–Kier alpha value is -1.62. The van der Waals surface area contributed by atoms with Gasteiger partial charge in [0.2, 0.25) is 11.8 Å². The van der Waals surface area contributed by atoms with E-state index < -0.39 is 0 Å². The number of nitrogens with zero attached hydrogens (tertiary/aromatic N) is 3. The van der Waals surface area contributed by atoms with E-state index in [0.717, 1.165) is 6.42 Å². The summed E-state index contributed by atoms with van der Waals surface area (Å²) in [7, 11) is 1.99. The standard InChI is InChI=1S/C14H22N4O/c1-5-12-16-17-13(19-12)9-18-7-6-11(8-18)14(15-4)10(2)3/h6-8,10,14-15H,5,9H2,1-4H3. The van der Waals surface area contributed by atoms with Crippen LogP contribution in [0.25, 0.3) is 0 Å². The van der Waals surface area contributed by atoms with Crippen molar-refractivity contribution in [2.45, 2.75) is 39.8 Å². The first-order valence-corrected chi connectivity index (χ1v) is 6.78. The van der Waals surface area contributed by atoms with E-state index in [9.17, 15) is 0 Å². The minimum absolute atomic E-state index is 0.370. The van der Waals surface area contributed by atoms with Gasteiger partial charge in [-0.05, 0) is 24.6 Å². The van der Waals surface area contributed by atoms with Crippen molar-refractivity contribution in [2.75, 3.05) is 7.05 Å². The zero-order chi connectivity index (χ0) is 13.8. The highest BCUT2D eigenvalue weighted by Gasteiger charge is 2.15. The topological polar surface area (TPSA) is 55.9 Å². The highest BCUT2D eigenvalue weighted by molar-refractivity contribution is 5.16. The fraction of sp³-hybridized carbons (Fsp3) is 0.571. The molecule has 0 bridgehead atoms. The molecule has 5 heteroatoms. The van der Waals surface area contributed by atoms with Crippen LogP contribution in [-0.2, 0) is 13.0 Å². The molecular formula is C14H22N4O. The number of nitrogens with one attached hydrogen (secondary N) is 1. The second-order valence-corrected chi connectivity index (χ2v) is 5.07. The van der Waals surface area contributed by atoms with Crippen molar-refractivity contribution in [3.05, 3.63) is 35.8 Å². The molecule has 0 aliphatic carbocycles. The monoisotopic (exact) mass is 262 g/mol. The quantitative estimate of drug-likeness (QED) is 0.868. The Morgan fingerprint density at radius 3 is 2.63 bits per heavy atom. The Bertz CT molecular complexity index is 515. The highest BCUT2D eigenvalue weighted by Crippen LogP contribution is 2.21. The molecule has 0 aliphatic heterocycles. The lowest BCUT2D eigenvalue weighted by atomic mass is 9.99. The van der Waals surface area contributed by atoms with Crippen LogP contribution in [0.4, 0.5) is 0 Å². The Labute approximate surface area is 114 Å². The predicted molar refractivity (Wildman–Crippen MR) is 73.8 cm³/mol. The van der Waals surface area contributed by atoms with Gasteiger partial charge in [-0.15, -0.1) is 10.2 Å². The van der Waals surface area contributed by atoms with Crippen molar-refractivity contribution in [3.8, 4) is 0 Å². The summed E-state index contributed by atoms with van der Waals surface area (Å²) < 4.78 is 7.60. The first kappa shape index (κ1) is 13.8. The van der Waals surface area contributed by atoms with Gasteiger partial charge >= 0.3 is 0 Å². The van der Waals surface area contributed by atoms with Gasteiger partial charge in [-0.1, -0.05) is 20.8 Å². The maximum Gasteiger partial charge on any atom is 0.236 e. The Morgan fingerprint density at radius 1 is 1.32 bits per heavy atom. The van der Waals surface area contributed by atoms with Crippen molar-refractivity contribution in [2.24, 2.45) is 5.92 Å². The van der Waals surface area contributed by atoms with Gasteiger partial charge < -0.3 is 14.3 Å². The van der Waals surface area contributed by atoms with E-state index >= 15 is 0 Å². The van der Waals surface area contributed by atoms with Crippen LogP contribution in [0.5, 0.6) is 0 Å². The fourth-order valence-electron chi connectivity index (χ4n) is 2.28. The van der Waals surface area contributed by atoms with E-state index in [0.29, 0.717) is 30.3 Å². The van der Waals surface area contributed by atoms with Crippen molar-refractivity contribution in [1.29, 1.82) is 0 Å². The molecule has 0 amide bonds. The van der Waals surface area contributed by atoms with Gasteiger partial charge in [0.1, 0.15) is 6.54 Å². The number of hydrogen-bond donors (Lipinski definition) is 1. The second-order valence-electron chi connectivity index (χ2n) is 5.07. The van der Waals surface area contributed by atoms with Crippen LogP contribution in [0, 0.1) is 5.92 Å². The predicted octanol–water partition coefficient (Wildman–Crippen LogP) is 2.40. The molecule has 2 aromatic heterocycles. The average molecular weight is 262 g/mol. The number of aromatic nitrogens is 3. The van der Waals surface area contributed by atoms with Gasteiger partial charge in [-0.25, -0.2) is 0 Å². The normalized spacial score (nSPS) is 13.1. The van der Waals surface area contributed by atoms with E-state index in [2.05, 4.69) is 52.4 Å². The van der Waals surface area contributed by atoms with Crippen molar-refractivity contribution in [1.82, 2.24) is 20.1 Å². The molecule has 2 aromatic rings. The van der Waals surface area contributed by atoms with Crippen LogP contribution in [-0.4, -0.2) is 21.8 Å². The molecule has 1 atom stereocenters. The first-order chi connectivity index (χ1) is 9.13. The highest BCUT2D eigenvalue weighted by atomic mass is 16.4. The lowest BCUT2D eigenvalue weighted by molar-refractivity contribution is 0.436. The SMILES string of the molecule is CCc1nnc(Cn2ccc(C(NC)C(C)C)c2)o1. The van der Waals surface area contributed by atoms with E-state index in [4.69, 9.17) is 4.42 Å². The smallest absolute Gasteiger partial charge is 0.236 e. The van der Waals surface area contributed by atoms with E-state index in [1.807, 2.05) is 14.0 Å². The largest absolute Gasteiger partial charge is 0.423 e. The number of aryl methyl sites for hydroxylation is 1. The van der Waals surface area contributed by atoms with Crippen LogP contribution in [0.15, 0.2) is 22.9 Å². The third-order valence-electron chi connectivity index (χ3n) is 3.24. The third kappa shape index (κ3) is 3.23. The zero-order valence-electron chi connectivity index (χ0n) is 12.1. The minimum Gasteiger partial charge on any atom is -0.423 e. The van der Waals surface area contributed by atoms with Crippen LogP contribution < -0.4 is 5.32 Å². The Balaban J connectivity index is 2.08. The maximum atomic E-state index is 5.52. The third-order valence-corrected chi connectivity index (χ3v) is 3.24. The summed E-state index contributed by atoms with van der Waals surface area (Å²) in [6, 6.07) is 2.51. The van der Waals surface area contributed by atoms with Gasteiger partial charge in [0, 0.05) is 24.9 Å². The maximum absolute atomic E-state index is 5.52. The van der Waals surface area contributed by atoms with Gasteiger partial charge in [-0.2, -0.15) is 0 Å². The molecule has 19 heavy (non-hydrogen) atoms. The lowest BCUT2D eigenvalue weighted by Gasteiger charge is -2.18. The summed E-state index contributed by atoms with van der Waals surface area (Å²) in [4.78, 5) is 0. The molecule has 0 aromatic carbocycles. The molecule has 0 aliphatic rings. The zero-order valence-corrected chi connectivity index (χ0v) is 12.1. The molecule has 0 spiro atoms. The summed E-state index contributed by atoms with van der Waals surface area (Å²) in [6.07, 6.45) is 4.97. The van der Waals surface area contributed by atoms with Gasteiger partial charge in [0.25, 0.3) is 0 Å². The Morgan fingerprint density at radius 2 is 2.05 bits per heavy atom. The van der Waals surface area contributed by atoms with Crippen LogP contribution >= 0.6 is 0 Å². The average Bonchev–Trinajstić information content (AvgIpc) is 3.00. The summed E-state index contributed by atoms with van der Waals surface area (Å²) in [5.74, 6) is 1.90. The fourth-order valence-corrected chi connectivity index (χ4v) is 2.28. The molecule has 1 N–H and O–H groups in total. The summed E-state index contributed by atoms with van der Waals surface area (Å²) in [5.41, 5.74) is 1.28. The van der Waals surface area contributed by atoms with E-state index in [1.54, 1.807) is 0 Å². The van der Waals surface area contributed by atoms with Gasteiger partial charge in [-0.3, -0.25) is 0 Å². The molecule has 0 fully saturated rings. The lowest BCUT2D eigenvalue weighted by Crippen LogP contribution is -2.21. The minimum atomic E-state index is 0.370. The molecule has 2 heterocycles. The number of rotatable bonds is 6. The first-order valence-electron chi connectivity index (χ1n) is 6.78. The summed E-state index contributed by atoms with van der Waals surface area (Å²) in [6.45, 7) is 7.06. The summed E-state index contributed by atoms with van der Waals surface area (Å²) in [5, 5.41) is 11.4. The van der Waals surface area contributed by atoms with E-state index in [1.165, 1.54) is 5.56 Å². The molecule has 2 rings (SSSR count). The van der Waals surface area contributed by atoms with Gasteiger partial charge in [0.05, 0.1) is 0 Å². The molecule has 104 valence electrons. The molecule has 5 nitrogen and oxygen atoms in total. The van der Waals surface area contributed by atoms with Crippen molar-refractivity contribution < 1.29 is 4.42 Å². The Kier molecular flexibility index (Phi) is 4.37. The number of hydrogen-bond acceptors (Lipinski definition) is 4. The van der Waals surface area contributed by atoms with E-state index in [-0.39, 0.29) is 0 Å². The van der Waals surface area contributed by atoms with Crippen molar-refractivity contribution >= 4 is 0 Å². The van der Waals surface area contributed by atoms with Crippen LogP contribution in [0.2, 0.25) is 0 Å². The van der Waals surface area contributed by atoms with Crippen LogP contribution in [0.1, 0.15) is 44.2 Å². The molecule has 0 saturated heterocycles. The second kappa shape index (κ2) is 6.02. The van der Waals surface area contributed by atoms with Crippen molar-refractivity contribution in [3.63, 3.8) is 0 Å². The molecule has 0 radical (unpaired) electrons. The van der Waals surface area contributed by atoms with Gasteiger partial charge in [0.15, 0.2) is 0 Å². The molecule has 1 unspecified atom stereocenters. The van der Waals surface area contributed by atoms with Crippen LogP contribution in [0.3, 0.4) is 0 Å². The molecule has 0 saturated carbocycles. The molecular weight excluding hydrogens is 240 g/mol.